The molecule has 0 heterocycles. The minimum Gasteiger partial charge on any atom is -0.496 e. The molecular weight excluding hydrogens is 362 g/mol. The molecule has 3 rings (SSSR count). The highest BCUT2D eigenvalue weighted by atomic mass is 35.5. The van der Waals surface area contributed by atoms with Gasteiger partial charge in [0.15, 0.2) is 0 Å². The van der Waals surface area contributed by atoms with Crippen molar-refractivity contribution in [3.05, 3.63) is 88.4 Å². The smallest absolute Gasteiger partial charge is 0.255 e. The Hall–Kier alpha value is -2.98. The van der Waals surface area contributed by atoms with Crippen molar-refractivity contribution in [2.24, 2.45) is 0 Å². The molecular formula is C22H20ClNO3. The SMILES string of the molecule is COc1ccc(C(=O)Nc2cccc(Cl)c2)cc1COc1ccccc1C. The van der Waals surface area contributed by atoms with Crippen LogP contribution < -0.4 is 14.8 Å². The minimum absolute atomic E-state index is 0.225. The zero-order valence-corrected chi connectivity index (χ0v) is 15.9. The summed E-state index contributed by atoms with van der Waals surface area (Å²) in [5.74, 6) is 1.24. The molecule has 1 N–H and O–H groups in total. The van der Waals surface area contributed by atoms with Crippen LogP contribution >= 0.6 is 11.6 Å². The first-order valence-electron chi connectivity index (χ1n) is 8.49. The topological polar surface area (TPSA) is 47.6 Å². The maximum absolute atomic E-state index is 12.6. The molecule has 0 unspecified atom stereocenters. The van der Waals surface area contributed by atoms with Crippen molar-refractivity contribution in [1.29, 1.82) is 0 Å². The standard InChI is InChI=1S/C22H20ClNO3/c1-15-6-3-4-9-20(15)27-14-17-12-16(10-11-21(17)26-2)22(25)24-19-8-5-7-18(23)13-19/h3-13H,14H2,1-2H3,(H,24,25). The van der Waals surface area contributed by atoms with Gasteiger partial charge in [-0.2, -0.15) is 0 Å². The molecule has 0 radical (unpaired) electrons. The maximum Gasteiger partial charge on any atom is 0.255 e. The van der Waals surface area contributed by atoms with Gasteiger partial charge in [0.25, 0.3) is 5.91 Å². The second-order valence-electron chi connectivity index (χ2n) is 6.05. The summed E-state index contributed by atoms with van der Waals surface area (Å²) in [6.07, 6.45) is 0. The first kappa shape index (κ1) is 18.8. The summed E-state index contributed by atoms with van der Waals surface area (Å²) >= 11 is 5.97. The van der Waals surface area contributed by atoms with Crippen LogP contribution in [0.5, 0.6) is 11.5 Å². The number of nitrogens with one attached hydrogen (secondary N) is 1. The summed E-state index contributed by atoms with van der Waals surface area (Å²) in [5.41, 5.74) is 2.99. The summed E-state index contributed by atoms with van der Waals surface area (Å²) in [5, 5.41) is 3.41. The molecule has 0 saturated heterocycles. The lowest BCUT2D eigenvalue weighted by Gasteiger charge is -2.13. The van der Waals surface area contributed by atoms with E-state index in [1.807, 2.05) is 31.2 Å². The van der Waals surface area contributed by atoms with E-state index in [0.717, 1.165) is 16.9 Å². The molecule has 0 aliphatic rings. The van der Waals surface area contributed by atoms with Gasteiger partial charge in [0.2, 0.25) is 0 Å². The largest absolute Gasteiger partial charge is 0.496 e. The molecule has 0 bridgehead atoms. The number of aryl methyl sites for hydroxylation is 1. The van der Waals surface area contributed by atoms with Crippen LogP contribution in [0.1, 0.15) is 21.5 Å². The van der Waals surface area contributed by atoms with Crippen molar-refractivity contribution in [3.8, 4) is 11.5 Å². The highest BCUT2D eigenvalue weighted by Crippen LogP contribution is 2.24. The van der Waals surface area contributed by atoms with Crippen LogP contribution in [0.2, 0.25) is 5.02 Å². The van der Waals surface area contributed by atoms with Gasteiger partial charge in [0.1, 0.15) is 18.1 Å². The lowest BCUT2D eigenvalue weighted by molar-refractivity contribution is 0.102. The van der Waals surface area contributed by atoms with Crippen molar-refractivity contribution >= 4 is 23.2 Å². The van der Waals surface area contributed by atoms with Gasteiger partial charge in [-0.05, 0) is 55.0 Å². The first-order valence-corrected chi connectivity index (χ1v) is 8.87. The summed E-state index contributed by atoms with van der Waals surface area (Å²) in [6.45, 7) is 2.29. The molecule has 3 aromatic rings. The molecule has 4 nitrogen and oxygen atoms in total. The second-order valence-corrected chi connectivity index (χ2v) is 6.48. The number of para-hydroxylation sites is 1. The summed E-state index contributed by atoms with van der Waals surface area (Å²) in [6, 6.07) is 20.1. The van der Waals surface area contributed by atoms with Crippen molar-refractivity contribution in [1.82, 2.24) is 0 Å². The molecule has 0 aliphatic heterocycles. The number of hydrogen-bond donors (Lipinski definition) is 1. The zero-order chi connectivity index (χ0) is 19.2. The van der Waals surface area contributed by atoms with E-state index in [0.29, 0.717) is 28.6 Å². The highest BCUT2D eigenvalue weighted by molar-refractivity contribution is 6.30. The predicted molar refractivity (Wildman–Crippen MR) is 108 cm³/mol. The highest BCUT2D eigenvalue weighted by Gasteiger charge is 2.12. The van der Waals surface area contributed by atoms with E-state index in [1.165, 1.54) is 0 Å². The molecule has 5 heteroatoms. The maximum atomic E-state index is 12.6. The normalized spacial score (nSPS) is 10.3. The minimum atomic E-state index is -0.225. The Kier molecular flexibility index (Phi) is 5.99. The van der Waals surface area contributed by atoms with Crippen molar-refractivity contribution in [2.45, 2.75) is 13.5 Å². The number of benzene rings is 3. The van der Waals surface area contributed by atoms with Gasteiger partial charge < -0.3 is 14.8 Å². The molecule has 0 atom stereocenters. The Morgan fingerprint density at radius 1 is 1.00 bits per heavy atom. The Bertz CT molecular complexity index is 956. The van der Waals surface area contributed by atoms with Crippen LogP contribution in [-0.4, -0.2) is 13.0 Å². The molecule has 0 aliphatic carbocycles. The predicted octanol–water partition coefficient (Wildman–Crippen LogP) is 5.49. The zero-order valence-electron chi connectivity index (χ0n) is 15.2. The average molecular weight is 382 g/mol. The van der Waals surface area contributed by atoms with E-state index < -0.39 is 0 Å². The molecule has 138 valence electrons. The molecule has 3 aromatic carbocycles. The Morgan fingerprint density at radius 2 is 1.81 bits per heavy atom. The number of ether oxygens (including phenoxy) is 2. The van der Waals surface area contributed by atoms with E-state index in [4.69, 9.17) is 21.1 Å². The first-order chi connectivity index (χ1) is 13.1. The Balaban J connectivity index is 1.78. The summed E-state index contributed by atoms with van der Waals surface area (Å²) in [4.78, 5) is 12.6. The number of carbonyl (C=O) groups excluding carboxylic acids is 1. The van der Waals surface area contributed by atoms with Crippen molar-refractivity contribution < 1.29 is 14.3 Å². The fourth-order valence-electron chi connectivity index (χ4n) is 2.68. The monoisotopic (exact) mass is 381 g/mol. The summed E-state index contributed by atoms with van der Waals surface area (Å²) < 4.78 is 11.3. The second kappa shape index (κ2) is 8.60. The van der Waals surface area contributed by atoms with Gasteiger partial charge >= 0.3 is 0 Å². The van der Waals surface area contributed by atoms with Crippen LogP contribution in [0.3, 0.4) is 0 Å². The number of carbonyl (C=O) groups is 1. The third-order valence-corrected chi connectivity index (χ3v) is 4.34. The molecule has 0 saturated carbocycles. The third-order valence-electron chi connectivity index (χ3n) is 4.10. The van der Waals surface area contributed by atoms with Gasteiger partial charge in [-0.15, -0.1) is 0 Å². The quantitative estimate of drug-likeness (QED) is 0.614. The number of hydrogen-bond acceptors (Lipinski definition) is 3. The van der Waals surface area contributed by atoms with Crippen molar-refractivity contribution in [2.75, 3.05) is 12.4 Å². The Labute approximate surface area is 163 Å². The van der Waals surface area contributed by atoms with Crippen LogP contribution in [0, 0.1) is 6.92 Å². The lowest BCUT2D eigenvalue weighted by atomic mass is 10.1. The van der Waals surface area contributed by atoms with Gasteiger partial charge in [-0.3, -0.25) is 4.79 Å². The van der Waals surface area contributed by atoms with Crippen LogP contribution in [-0.2, 0) is 6.61 Å². The lowest BCUT2D eigenvalue weighted by Crippen LogP contribution is -2.13. The number of halogens is 1. The van der Waals surface area contributed by atoms with Crippen LogP contribution in [0.4, 0.5) is 5.69 Å². The van der Waals surface area contributed by atoms with Gasteiger partial charge in [0, 0.05) is 21.8 Å². The van der Waals surface area contributed by atoms with Crippen LogP contribution in [0.25, 0.3) is 0 Å². The number of methoxy groups -OCH3 is 1. The fraction of sp³-hybridized carbons (Fsp3) is 0.136. The number of anilines is 1. The fourth-order valence-corrected chi connectivity index (χ4v) is 2.87. The molecule has 0 fully saturated rings. The van der Waals surface area contributed by atoms with E-state index >= 15 is 0 Å². The van der Waals surface area contributed by atoms with E-state index in [2.05, 4.69) is 5.32 Å². The Morgan fingerprint density at radius 3 is 2.56 bits per heavy atom. The molecule has 0 spiro atoms. The third kappa shape index (κ3) is 4.80. The van der Waals surface area contributed by atoms with E-state index in [1.54, 1.807) is 49.6 Å². The van der Waals surface area contributed by atoms with Crippen LogP contribution in [0.15, 0.2) is 66.7 Å². The number of rotatable bonds is 6. The average Bonchev–Trinajstić information content (AvgIpc) is 2.67. The van der Waals surface area contributed by atoms with Gasteiger partial charge in [0.05, 0.1) is 7.11 Å². The van der Waals surface area contributed by atoms with Gasteiger partial charge in [-0.25, -0.2) is 0 Å². The number of amides is 1. The molecule has 1 amide bonds. The summed E-state index contributed by atoms with van der Waals surface area (Å²) in [7, 11) is 1.60. The van der Waals surface area contributed by atoms with E-state index in [9.17, 15) is 4.79 Å². The molecule has 27 heavy (non-hydrogen) atoms. The van der Waals surface area contributed by atoms with Gasteiger partial charge in [-0.1, -0.05) is 35.9 Å². The van der Waals surface area contributed by atoms with E-state index in [-0.39, 0.29) is 5.91 Å². The molecule has 0 aromatic heterocycles. The van der Waals surface area contributed by atoms with Crippen molar-refractivity contribution in [3.63, 3.8) is 0 Å².